The van der Waals surface area contributed by atoms with Crippen molar-refractivity contribution in [1.82, 2.24) is 9.97 Å². The molecule has 21 heavy (non-hydrogen) atoms. The summed E-state index contributed by atoms with van der Waals surface area (Å²) in [6.07, 6.45) is -0.444. The van der Waals surface area contributed by atoms with E-state index in [4.69, 9.17) is 14.2 Å². The topological polar surface area (TPSA) is 73.4 Å². The van der Waals surface area contributed by atoms with E-state index < -0.39 is 6.10 Å². The Balaban J connectivity index is 1.93. The zero-order valence-electron chi connectivity index (χ0n) is 11.3. The molecule has 0 bridgehead atoms. The summed E-state index contributed by atoms with van der Waals surface area (Å²) in [5, 5.41) is 0. The summed E-state index contributed by atoms with van der Waals surface area (Å²) in [4.78, 5) is 19.1. The molecule has 2 heterocycles. The molecule has 0 amide bonds. The maximum Gasteiger partial charge on any atom is 0.264 e. The van der Waals surface area contributed by atoms with Crippen LogP contribution in [0.15, 0.2) is 29.1 Å². The molecule has 0 saturated heterocycles. The molecule has 0 spiro atoms. The highest BCUT2D eigenvalue weighted by molar-refractivity contribution is 14.1. The lowest BCUT2D eigenvalue weighted by molar-refractivity contribution is 0.0840. The van der Waals surface area contributed by atoms with Gasteiger partial charge in [0, 0.05) is 7.11 Å². The molecule has 110 valence electrons. The summed E-state index contributed by atoms with van der Waals surface area (Å²) in [6.45, 7) is 0.576. The minimum atomic E-state index is -0.444. The summed E-state index contributed by atoms with van der Waals surface area (Å²) in [6, 6.07) is 7.41. The minimum absolute atomic E-state index is 0.199. The van der Waals surface area contributed by atoms with Crippen LogP contribution in [0.1, 0.15) is 17.6 Å². The standard InChI is InChI=1S/C14H13IN2O4/c1-19-6-8-12(15)14(18)17-13(16-8)11-7-20-9-4-2-3-5-10(9)21-11/h2-5,11H,6-7H2,1H3,(H,16,17,18). The van der Waals surface area contributed by atoms with Crippen molar-refractivity contribution in [3.63, 3.8) is 0 Å². The molecular formula is C14H13IN2O4. The smallest absolute Gasteiger partial charge is 0.264 e. The van der Waals surface area contributed by atoms with E-state index in [1.165, 1.54) is 0 Å². The van der Waals surface area contributed by atoms with E-state index in [-0.39, 0.29) is 12.2 Å². The van der Waals surface area contributed by atoms with E-state index in [2.05, 4.69) is 9.97 Å². The van der Waals surface area contributed by atoms with Gasteiger partial charge in [0.05, 0.1) is 12.3 Å². The number of para-hydroxylation sites is 2. The largest absolute Gasteiger partial charge is 0.485 e. The predicted molar refractivity (Wildman–Crippen MR) is 83.6 cm³/mol. The average molecular weight is 400 g/mol. The van der Waals surface area contributed by atoms with Gasteiger partial charge in [-0.1, -0.05) is 12.1 Å². The second-order valence-electron chi connectivity index (χ2n) is 4.51. The van der Waals surface area contributed by atoms with E-state index in [0.29, 0.717) is 33.2 Å². The lowest BCUT2D eigenvalue weighted by Crippen LogP contribution is -2.28. The van der Waals surface area contributed by atoms with Crippen molar-refractivity contribution in [3.05, 3.63) is 49.7 Å². The fraction of sp³-hybridized carbons (Fsp3) is 0.286. The van der Waals surface area contributed by atoms with Gasteiger partial charge in [-0.25, -0.2) is 4.98 Å². The molecule has 1 aliphatic rings. The fourth-order valence-electron chi connectivity index (χ4n) is 2.06. The molecule has 0 fully saturated rings. The van der Waals surface area contributed by atoms with Crippen LogP contribution < -0.4 is 15.0 Å². The summed E-state index contributed by atoms with van der Waals surface area (Å²) >= 11 is 1.96. The van der Waals surface area contributed by atoms with Crippen LogP contribution in [0.4, 0.5) is 0 Å². The van der Waals surface area contributed by atoms with Crippen LogP contribution in [-0.2, 0) is 11.3 Å². The number of ether oxygens (including phenoxy) is 3. The molecule has 6 nitrogen and oxygen atoms in total. The lowest BCUT2D eigenvalue weighted by atomic mass is 10.2. The number of methoxy groups -OCH3 is 1. The quantitative estimate of drug-likeness (QED) is 0.799. The van der Waals surface area contributed by atoms with Crippen molar-refractivity contribution < 1.29 is 14.2 Å². The second kappa shape index (κ2) is 6.02. The fourth-order valence-corrected chi connectivity index (χ4v) is 2.47. The van der Waals surface area contributed by atoms with Crippen molar-refractivity contribution in [1.29, 1.82) is 0 Å². The number of nitrogens with one attached hydrogen (secondary N) is 1. The van der Waals surface area contributed by atoms with E-state index in [0.717, 1.165) is 0 Å². The Hall–Kier alpha value is -1.61. The Kier molecular flexibility index (Phi) is 4.11. The number of nitrogens with zero attached hydrogens (tertiary/aromatic N) is 1. The molecule has 1 aliphatic heterocycles. The van der Waals surface area contributed by atoms with Gasteiger partial charge in [-0.15, -0.1) is 0 Å². The van der Waals surface area contributed by atoms with Gasteiger partial charge in [-0.05, 0) is 34.7 Å². The zero-order chi connectivity index (χ0) is 14.8. The highest BCUT2D eigenvalue weighted by Gasteiger charge is 2.25. The molecule has 1 aromatic heterocycles. The number of hydrogen-bond acceptors (Lipinski definition) is 5. The van der Waals surface area contributed by atoms with Crippen LogP contribution in [-0.4, -0.2) is 23.7 Å². The molecule has 0 radical (unpaired) electrons. The number of fused-ring (bicyclic) bond motifs is 1. The van der Waals surface area contributed by atoms with Gasteiger partial charge in [-0.3, -0.25) is 4.79 Å². The van der Waals surface area contributed by atoms with Crippen molar-refractivity contribution in [2.45, 2.75) is 12.7 Å². The summed E-state index contributed by atoms with van der Waals surface area (Å²) < 4.78 is 17.1. The highest BCUT2D eigenvalue weighted by atomic mass is 127. The summed E-state index contributed by atoms with van der Waals surface area (Å²) in [7, 11) is 1.56. The van der Waals surface area contributed by atoms with E-state index >= 15 is 0 Å². The number of benzene rings is 1. The van der Waals surface area contributed by atoms with Gasteiger partial charge >= 0.3 is 0 Å². The molecule has 1 aromatic carbocycles. The Morgan fingerprint density at radius 1 is 1.43 bits per heavy atom. The molecule has 1 unspecified atom stereocenters. The monoisotopic (exact) mass is 400 g/mol. The van der Waals surface area contributed by atoms with Gasteiger partial charge in [0.1, 0.15) is 10.2 Å². The van der Waals surface area contributed by atoms with E-state index in [1.807, 2.05) is 46.9 Å². The number of aromatic nitrogens is 2. The summed E-state index contributed by atoms with van der Waals surface area (Å²) in [5.41, 5.74) is 0.398. The Labute approximate surface area is 134 Å². The number of hydrogen-bond donors (Lipinski definition) is 1. The van der Waals surface area contributed by atoms with Crippen LogP contribution in [0.5, 0.6) is 11.5 Å². The first-order valence-electron chi connectivity index (χ1n) is 6.35. The van der Waals surface area contributed by atoms with Gasteiger partial charge in [0.25, 0.3) is 5.56 Å². The highest BCUT2D eigenvalue weighted by Crippen LogP contribution is 2.34. The number of aromatic amines is 1. The Morgan fingerprint density at radius 3 is 2.95 bits per heavy atom. The van der Waals surface area contributed by atoms with Gasteiger partial charge in [0.2, 0.25) is 0 Å². The van der Waals surface area contributed by atoms with Crippen molar-refractivity contribution >= 4 is 22.6 Å². The van der Waals surface area contributed by atoms with Gasteiger partial charge in [0.15, 0.2) is 23.4 Å². The molecule has 1 atom stereocenters. The van der Waals surface area contributed by atoms with Crippen molar-refractivity contribution in [2.75, 3.05) is 13.7 Å². The third kappa shape index (κ3) is 2.88. The molecule has 0 saturated carbocycles. The molecule has 2 aromatic rings. The van der Waals surface area contributed by atoms with Crippen molar-refractivity contribution in [2.24, 2.45) is 0 Å². The minimum Gasteiger partial charge on any atom is -0.485 e. The van der Waals surface area contributed by atoms with Gasteiger partial charge < -0.3 is 19.2 Å². The van der Waals surface area contributed by atoms with Crippen LogP contribution >= 0.6 is 22.6 Å². The first-order chi connectivity index (χ1) is 10.2. The third-order valence-corrected chi connectivity index (χ3v) is 4.16. The molecular weight excluding hydrogens is 387 g/mol. The Bertz CT molecular complexity index is 716. The molecule has 0 aliphatic carbocycles. The van der Waals surface area contributed by atoms with E-state index in [1.54, 1.807) is 7.11 Å². The van der Waals surface area contributed by atoms with Crippen LogP contribution in [0.2, 0.25) is 0 Å². The number of rotatable bonds is 3. The predicted octanol–water partition coefficient (Wildman–Crippen LogP) is 2.03. The van der Waals surface area contributed by atoms with Gasteiger partial charge in [-0.2, -0.15) is 0 Å². The van der Waals surface area contributed by atoms with Crippen molar-refractivity contribution in [3.8, 4) is 11.5 Å². The van der Waals surface area contributed by atoms with Crippen LogP contribution in [0, 0.1) is 3.57 Å². The van der Waals surface area contributed by atoms with Crippen LogP contribution in [0.25, 0.3) is 0 Å². The Morgan fingerprint density at radius 2 is 2.19 bits per heavy atom. The maximum atomic E-state index is 12.0. The molecule has 7 heteroatoms. The lowest BCUT2D eigenvalue weighted by Gasteiger charge is -2.25. The zero-order valence-corrected chi connectivity index (χ0v) is 13.4. The first-order valence-corrected chi connectivity index (χ1v) is 7.43. The maximum absolute atomic E-state index is 12.0. The number of halogens is 1. The van der Waals surface area contributed by atoms with Crippen LogP contribution in [0.3, 0.4) is 0 Å². The molecule has 3 rings (SSSR count). The number of H-pyrrole nitrogens is 1. The average Bonchev–Trinajstić information content (AvgIpc) is 2.51. The normalized spacial score (nSPS) is 16.8. The SMILES string of the molecule is COCc1nc(C2COc3ccccc3O2)[nH]c(=O)c1I. The van der Waals surface area contributed by atoms with E-state index in [9.17, 15) is 4.79 Å². The second-order valence-corrected chi connectivity index (χ2v) is 5.59. The first kappa shape index (κ1) is 14.3. The third-order valence-electron chi connectivity index (χ3n) is 3.04. The summed E-state index contributed by atoms with van der Waals surface area (Å²) in [5.74, 6) is 1.78. The molecule has 1 N–H and O–H groups in total.